The van der Waals surface area contributed by atoms with Crippen molar-refractivity contribution in [1.29, 1.82) is 0 Å². The van der Waals surface area contributed by atoms with Crippen LogP contribution < -0.4 is 0 Å². The van der Waals surface area contributed by atoms with Gasteiger partial charge in [-0.05, 0) is 29.1 Å². The van der Waals surface area contributed by atoms with Crippen LogP contribution >= 0.6 is 0 Å². The maximum absolute atomic E-state index is 11.7. The number of hydrogen-bond acceptors (Lipinski definition) is 1. The normalized spacial score (nSPS) is 43.2. The summed E-state index contributed by atoms with van der Waals surface area (Å²) in [6.45, 7) is 6.75. The van der Waals surface area contributed by atoms with Crippen LogP contribution in [0.4, 0.5) is 0 Å². The van der Waals surface area contributed by atoms with E-state index in [4.69, 9.17) is 5.53 Å². The molecule has 1 saturated carbocycles. The molecule has 1 fully saturated rings. The van der Waals surface area contributed by atoms with Crippen molar-refractivity contribution in [3.63, 3.8) is 0 Å². The minimum atomic E-state index is -0.115. The third-order valence-corrected chi connectivity index (χ3v) is 5.46. The molecule has 0 aromatic heterocycles. The van der Waals surface area contributed by atoms with Gasteiger partial charge >= 0.3 is 6.21 Å². The lowest BCUT2D eigenvalue weighted by Crippen LogP contribution is -2.41. The number of nitrogens with zero attached hydrogens (tertiary/aromatic N) is 2. The molecule has 0 radical (unpaired) electrons. The number of carbonyl (C=O) groups is 1. The number of hydrogen-bond donors (Lipinski definition) is 0. The predicted molar refractivity (Wildman–Crippen MR) is 66.6 cm³/mol. The van der Waals surface area contributed by atoms with E-state index in [9.17, 15) is 4.79 Å². The fourth-order valence-electron chi connectivity index (χ4n) is 3.85. The van der Waals surface area contributed by atoms with Crippen molar-refractivity contribution >= 4 is 12.0 Å². The topological polar surface area (TPSA) is 53.5 Å². The number of Topliss-reactive ketones (excluding diaryl/α,β-unsaturated/α-hetero) is 1. The van der Waals surface area contributed by atoms with Crippen molar-refractivity contribution in [2.24, 2.45) is 16.2 Å². The molecule has 3 nitrogen and oxygen atoms in total. The first-order chi connectivity index (χ1) is 7.87. The molecule has 0 N–H and O–H groups in total. The minimum Gasteiger partial charge on any atom is -0.361 e. The average molecular weight is 232 g/mol. The van der Waals surface area contributed by atoms with Gasteiger partial charge in [0.2, 0.25) is 5.78 Å². The molecule has 2 aliphatic carbocycles. The van der Waals surface area contributed by atoms with Gasteiger partial charge in [0.15, 0.2) is 0 Å². The maximum Gasteiger partial charge on any atom is 0.323 e. The lowest BCUT2D eigenvalue weighted by molar-refractivity contribution is -0.119. The second-order valence-corrected chi connectivity index (χ2v) is 6.24. The fourth-order valence-corrected chi connectivity index (χ4v) is 3.85. The van der Waals surface area contributed by atoms with Gasteiger partial charge in [0.05, 0.1) is 0 Å². The third kappa shape index (κ3) is 1.53. The fraction of sp³-hybridized carbons (Fsp3) is 0.714. The summed E-state index contributed by atoms with van der Waals surface area (Å²) in [6.07, 6.45) is 9.55. The predicted octanol–water partition coefficient (Wildman–Crippen LogP) is 3.02. The quantitative estimate of drug-likeness (QED) is 0.319. The number of fused-ring (bicyclic) bond motifs is 1. The van der Waals surface area contributed by atoms with E-state index in [0.29, 0.717) is 6.42 Å². The van der Waals surface area contributed by atoms with Gasteiger partial charge in [0, 0.05) is 6.42 Å². The van der Waals surface area contributed by atoms with Gasteiger partial charge in [-0.3, -0.25) is 4.79 Å². The standard InChI is InChI=1S/C14H20N2O/c1-12-5-4-6-14(12,3)13(2,8-7-12)9-11(17)10-16-15/h7-8,10H,4-6,9H2,1-3H3/t12-,13-,14-/m0/s1. The Labute approximate surface area is 103 Å². The van der Waals surface area contributed by atoms with Crippen LogP contribution in [0.3, 0.4) is 0 Å². The van der Waals surface area contributed by atoms with Gasteiger partial charge in [0.25, 0.3) is 0 Å². The zero-order valence-corrected chi connectivity index (χ0v) is 10.9. The first-order valence-electron chi connectivity index (χ1n) is 6.28. The van der Waals surface area contributed by atoms with E-state index < -0.39 is 0 Å². The first-order valence-corrected chi connectivity index (χ1v) is 6.28. The third-order valence-electron chi connectivity index (χ3n) is 5.46. The van der Waals surface area contributed by atoms with Crippen molar-refractivity contribution in [2.75, 3.05) is 0 Å². The Kier molecular flexibility index (Phi) is 2.62. The molecule has 0 aromatic carbocycles. The molecule has 0 aromatic rings. The minimum absolute atomic E-state index is 0.1000. The average Bonchev–Trinajstić information content (AvgIpc) is 2.63. The van der Waals surface area contributed by atoms with Crippen LogP contribution in [0.15, 0.2) is 12.2 Å². The second-order valence-electron chi connectivity index (χ2n) is 6.24. The smallest absolute Gasteiger partial charge is 0.323 e. The molecule has 2 rings (SSSR count). The highest BCUT2D eigenvalue weighted by Gasteiger charge is 2.59. The first kappa shape index (κ1) is 12.3. The lowest BCUT2D eigenvalue weighted by Gasteiger charge is -2.45. The van der Waals surface area contributed by atoms with Crippen LogP contribution in [0.2, 0.25) is 0 Å². The number of carbonyl (C=O) groups excluding carboxylic acids is 1. The summed E-state index contributed by atoms with van der Waals surface area (Å²) in [5.74, 6) is -0.1000. The van der Waals surface area contributed by atoms with Gasteiger partial charge in [0.1, 0.15) is 0 Å². The van der Waals surface area contributed by atoms with Crippen molar-refractivity contribution in [1.82, 2.24) is 0 Å². The number of rotatable bonds is 3. The summed E-state index contributed by atoms with van der Waals surface area (Å²) in [5.41, 5.74) is 8.69. The van der Waals surface area contributed by atoms with Crippen LogP contribution in [-0.4, -0.2) is 16.8 Å². The van der Waals surface area contributed by atoms with Gasteiger partial charge in [-0.2, -0.15) is 4.79 Å². The Morgan fingerprint density at radius 1 is 1.35 bits per heavy atom. The number of allylic oxidation sites excluding steroid dienone is 2. The van der Waals surface area contributed by atoms with Gasteiger partial charge < -0.3 is 5.53 Å². The van der Waals surface area contributed by atoms with E-state index in [1.54, 1.807) is 0 Å². The summed E-state index contributed by atoms with van der Waals surface area (Å²) < 4.78 is 0. The highest BCUT2D eigenvalue weighted by molar-refractivity contribution is 6.25. The summed E-state index contributed by atoms with van der Waals surface area (Å²) in [7, 11) is 0. The summed E-state index contributed by atoms with van der Waals surface area (Å²) in [5, 5.41) is 0. The van der Waals surface area contributed by atoms with E-state index in [2.05, 4.69) is 37.7 Å². The van der Waals surface area contributed by atoms with Crippen molar-refractivity contribution in [3.8, 4) is 0 Å². The Balaban J connectivity index is 2.30. The van der Waals surface area contributed by atoms with Crippen LogP contribution in [-0.2, 0) is 4.79 Å². The van der Waals surface area contributed by atoms with Crippen LogP contribution in [0.25, 0.3) is 5.53 Å². The molecule has 0 unspecified atom stereocenters. The molecule has 0 saturated heterocycles. The molecule has 0 bridgehead atoms. The molecule has 3 atom stereocenters. The molecule has 0 heterocycles. The monoisotopic (exact) mass is 232 g/mol. The van der Waals surface area contributed by atoms with E-state index >= 15 is 0 Å². The SMILES string of the molecule is C[C@]12CCC[C@@]1(C)C=C[C@@]2(C)CC(=O)C=[N+]=[N-]. The van der Waals surface area contributed by atoms with Gasteiger partial charge in [-0.1, -0.05) is 39.3 Å². The lowest BCUT2D eigenvalue weighted by atomic mass is 9.57. The largest absolute Gasteiger partial charge is 0.361 e. The summed E-state index contributed by atoms with van der Waals surface area (Å²) >= 11 is 0. The Bertz CT molecular complexity index is 436. The Morgan fingerprint density at radius 2 is 2.06 bits per heavy atom. The molecule has 2 aliphatic rings. The molecule has 0 amide bonds. The zero-order chi connectivity index (χ0) is 12.7. The van der Waals surface area contributed by atoms with E-state index in [1.165, 1.54) is 12.8 Å². The van der Waals surface area contributed by atoms with Crippen LogP contribution in [0, 0.1) is 16.2 Å². The molecule has 0 spiro atoms. The van der Waals surface area contributed by atoms with Crippen molar-refractivity contribution in [2.45, 2.75) is 46.5 Å². The molecule has 0 aliphatic heterocycles. The summed E-state index contributed by atoms with van der Waals surface area (Å²) in [4.78, 5) is 14.5. The highest BCUT2D eigenvalue weighted by atomic mass is 16.1. The van der Waals surface area contributed by atoms with E-state index in [1.807, 2.05) is 0 Å². The van der Waals surface area contributed by atoms with Gasteiger partial charge in [-0.15, -0.1) is 0 Å². The maximum atomic E-state index is 11.7. The molecule has 92 valence electrons. The Morgan fingerprint density at radius 3 is 2.71 bits per heavy atom. The highest BCUT2D eigenvalue weighted by Crippen LogP contribution is 2.67. The van der Waals surface area contributed by atoms with Crippen molar-refractivity contribution < 1.29 is 9.58 Å². The summed E-state index contributed by atoms with van der Waals surface area (Å²) in [6, 6.07) is 0. The Hall–Kier alpha value is -1.21. The van der Waals surface area contributed by atoms with Crippen LogP contribution in [0.5, 0.6) is 0 Å². The van der Waals surface area contributed by atoms with E-state index in [0.717, 1.165) is 12.6 Å². The van der Waals surface area contributed by atoms with E-state index in [-0.39, 0.29) is 22.0 Å². The van der Waals surface area contributed by atoms with Crippen LogP contribution in [0.1, 0.15) is 46.5 Å². The van der Waals surface area contributed by atoms with Gasteiger partial charge in [-0.25, -0.2) is 0 Å². The van der Waals surface area contributed by atoms with Crippen molar-refractivity contribution in [3.05, 3.63) is 17.7 Å². The molecular weight excluding hydrogens is 212 g/mol. The molecular formula is C14H20N2O. The molecule has 3 heteroatoms. The second kappa shape index (κ2) is 3.64. The number of ketones is 1. The molecule has 17 heavy (non-hydrogen) atoms. The zero-order valence-electron chi connectivity index (χ0n) is 10.9.